The Morgan fingerprint density at radius 2 is 1.88 bits per heavy atom. The number of rotatable bonds is 5. The van der Waals surface area contributed by atoms with Gasteiger partial charge < -0.3 is 5.32 Å². The topological polar surface area (TPSA) is 65.8 Å². The Kier molecular flexibility index (Phi) is 5.22. The van der Waals surface area contributed by atoms with E-state index in [0.29, 0.717) is 17.7 Å². The van der Waals surface area contributed by atoms with Gasteiger partial charge in [0.2, 0.25) is 0 Å². The Bertz CT molecular complexity index is 940. The van der Waals surface area contributed by atoms with Gasteiger partial charge in [-0.05, 0) is 24.1 Å². The fourth-order valence-corrected chi connectivity index (χ4v) is 3.33. The van der Waals surface area contributed by atoms with E-state index in [1.165, 1.54) is 0 Å². The standard InChI is InChI=1S/C20H17N3OS/c1-2-19-23-15(13-25-19)12-22-20(24)18-10-6-5-9-17(18)16-8-4-3-7-14(16)11-21/h3-10,13H,2,12H2,1H3,(H,22,24). The monoisotopic (exact) mass is 347 g/mol. The molecular weight excluding hydrogens is 330 g/mol. The van der Waals surface area contributed by atoms with Gasteiger partial charge in [-0.2, -0.15) is 5.26 Å². The van der Waals surface area contributed by atoms with Crippen LogP contribution in [0.3, 0.4) is 0 Å². The van der Waals surface area contributed by atoms with Gasteiger partial charge in [0.25, 0.3) is 5.91 Å². The first-order valence-corrected chi connectivity index (χ1v) is 8.91. The van der Waals surface area contributed by atoms with Crippen molar-refractivity contribution < 1.29 is 4.79 Å². The zero-order chi connectivity index (χ0) is 17.6. The number of carbonyl (C=O) groups excluding carboxylic acids is 1. The molecule has 1 heterocycles. The second-order valence-corrected chi connectivity index (χ2v) is 6.41. The highest BCUT2D eigenvalue weighted by atomic mass is 32.1. The lowest BCUT2D eigenvalue weighted by Crippen LogP contribution is -2.23. The number of nitrogens with zero attached hydrogens (tertiary/aromatic N) is 2. The highest BCUT2D eigenvalue weighted by Gasteiger charge is 2.14. The van der Waals surface area contributed by atoms with Crippen LogP contribution in [0.25, 0.3) is 11.1 Å². The summed E-state index contributed by atoms with van der Waals surface area (Å²) in [5, 5.41) is 15.3. The second kappa shape index (κ2) is 7.73. The summed E-state index contributed by atoms with van der Waals surface area (Å²) in [7, 11) is 0. The van der Waals surface area contributed by atoms with E-state index < -0.39 is 0 Å². The highest BCUT2D eigenvalue weighted by Crippen LogP contribution is 2.26. The zero-order valence-corrected chi connectivity index (χ0v) is 14.6. The molecule has 25 heavy (non-hydrogen) atoms. The Morgan fingerprint density at radius 3 is 2.60 bits per heavy atom. The molecule has 5 heteroatoms. The Labute approximate surface area is 150 Å². The van der Waals surface area contributed by atoms with Crippen LogP contribution in [0.1, 0.15) is 33.5 Å². The van der Waals surface area contributed by atoms with Crippen LogP contribution in [0, 0.1) is 11.3 Å². The lowest BCUT2D eigenvalue weighted by molar-refractivity contribution is 0.0951. The predicted molar refractivity (Wildman–Crippen MR) is 99.3 cm³/mol. The average Bonchev–Trinajstić information content (AvgIpc) is 3.14. The summed E-state index contributed by atoms with van der Waals surface area (Å²) < 4.78 is 0. The Hall–Kier alpha value is -2.97. The van der Waals surface area contributed by atoms with Gasteiger partial charge in [0, 0.05) is 16.5 Å². The number of amides is 1. The summed E-state index contributed by atoms with van der Waals surface area (Å²) in [6, 6.07) is 16.8. The summed E-state index contributed by atoms with van der Waals surface area (Å²) in [5.74, 6) is -0.172. The zero-order valence-electron chi connectivity index (χ0n) is 13.8. The van der Waals surface area contributed by atoms with Crippen LogP contribution in [-0.4, -0.2) is 10.9 Å². The molecule has 1 amide bonds. The second-order valence-electron chi connectivity index (χ2n) is 5.47. The predicted octanol–water partition coefficient (Wildman–Crippen LogP) is 4.17. The minimum Gasteiger partial charge on any atom is -0.346 e. The molecule has 0 saturated carbocycles. The molecule has 4 nitrogen and oxygen atoms in total. The Morgan fingerprint density at radius 1 is 1.16 bits per heavy atom. The van der Waals surface area contributed by atoms with E-state index in [-0.39, 0.29) is 5.91 Å². The maximum absolute atomic E-state index is 12.7. The van der Waals surface area contributed by atoms with Crippen molar-refractivity contribution >= 4 is 17.2 Å². The molecule has 2 aromatic carbocycles. The molecule has 1 aromatic heterocycles. The molecule has 3 rings (SSSR count). The maximum atomic E-state index is 12.7. The largest absolute Gasteiger partial charge is 0.346 e. The van der Waals surface area contributed by atoms with Crippen molar-refractivity contribution in [3.8, 4) is 17.2 Å². The van der Waals surface area contributed by atoms with Gasteiger partial charge in [-0.3, -0.25) is 4.79 Å². The van der Waals surface area contributed by atoms with Crippen molar-refractivity contribution in [3.05, 3.63) is 75.7 Å². The SMILES string of the molecule is CCc1nc(CNC(=O)c2ccccc2-c2ccccc2C#N)cs1. The lowest BCUT2D eigenvalue weighted by atomic mass is 9.95. The van der Waals surface area contributed by atoms with Crippen LogP contribution in [0.5, 0.6) is 0 Å². The summed E-state index contributed by atoms with van der Waals surface area (Å²) >= 11 is 1.60. The van der Waals surface area contributed by atoms with Gasteiger partial charge in [-0.1, -0.05) is 43.3 Å². The van der Waals surface area contributed by atoms with Crippen LogP contribution in [0.15, 0.2) is 53.9 Å². The molecule has 0 atom stereocenters. The number of thiazole rings is 1. The van der Waals surface area contributed by atoms with Crippen molar-refractivity contribution in [2.45, 2.75) is 19.9 Å². The maximum Gasteiger partial charge on any atom is 0.252 e. The molecule has 0 unspecified atom stereocenters. The molecule has 0 aliphatic heterocycles. The van der Waals surface area contributed by atoms with E-state index in [1.807, 2.05) is 41.8 Å². The van der Waals surface area contributed by atoms with Crippen molar-refractivity contribution in [3.63, 3.8) is 0 Å². The third kappa shape index (κ3) is 3.76. The quantitative estimate of drug-likeness (QED) is 0.753. The van der Waals surface area contributed by atoms with Crippen molar-refractivity contribution in [1.29, 1.82) is 5.26 Å². The minimum atomic E-state index is -0.172. The van der Waals surface area contributed by atoms with Gasteiger partial charge in [0.05, 0.1) is 28.9 Å². The fraction of sp³-hybridized carbons (Fsp3) is 0.150. The minimum absolute atomic E-state index is 0.172. The van der Waals surface area contributed by atoms with Crippen LogP contribution in [0.4, 0.5) is 0 Å². The van der Waals surface area contributed by atoms with Crippen LogP contribution in [0.2, 0.25) is 0 Å². The first kappa shape index (κ1) is 16.9. The molecule has 0 radical (unpaired) electrons. The van der Waals surface area contributed by atoms with Crippen molar-refractivity contribution in [2.75, 3.05) is 0 Å². The molecule has 0 bridgehead atoms. The van der Waals surface area contributed by atoms with Crippen LogP contribution in [-0.2, 0) is 13.0 Å². The van der Waals surface area contributed by atoms with E-state index in [9.17, 15) is 10.1 Å². The van der Waals surface area contributed by atoms with Crippen LogP contribution < -0.4 is 5.32 Å². The summed E-state index contributed by atoms with van der Waals surface area (Å²) in [6.07, 6.45) is 0.895. The molecule has 3 aromatic rings. The van der Waals surface area contributed by atoms with Gasteiger partial charge in [-0.25, -0.2) is 4.98 Å². The number of hydrogen-bond acceptors (Lipinski definition) is 4. The van der Waals surface area contributed by atoms with Gasteiger partial charge in [0.1, 0.15) is 0 Å². The summed E-state index contributed by atoms with van der Waals surface area (Å²) in [4.78, 5) is 17.1. The summed E-state index contributed by atoms with van der Waals surface area (Å²) in [5.41, 5.74) is 3.48. The number of carbonyl (C=O) groups is 1. The van der Waals surface area contributed by atoms with E-state index in [2.05, 4.69) is 23.3 Å². The van der Waals surface area contributed by atoms with E-state index in [4.69, 9.17) is 0 Å². The lowest BCUT2D eigenvalue weighted by Gasteiger charge is -2.11. The van der Waals surface area contributed by atoms with Gasteiger partial charge in [0.15, 0.2) is 0 Å². The number of aryl methyl sites for hydroxylation is 1. The molecule has 0 fully saturated rings. The molecule has 0 spiro atoms. The number of nitrogens with one attached hydrogen (secondary N) is 1. The molecule has 1 N–H and O–H groups in total. The molecule has 0 saturated heterocycles. The smallest absolute Gasteiger partial charge is 0.252 e. The average molecular weight is 347 g/mol. The first-order chi connectivity index (χ1) is 12.2. The van der Waals surface area contributed by atoms with Gasteiger partial charge in [-0.15, -0.1) is 11.3 Å². The van der Waals surface area contributed by atoms with E-state index in [1.54, 1.807) is 23.5 Å². The number of benzene rings is 2. The number of aromatic nitrogens is 1. The Balaban J connectivity index is 1.85. The van der Waals surface area contributed by atoms with Crippen molar-refractivity contribution in [2.24, 2.45) is 0 Å². The number of hydrogen-bond donors (Lipinski definition) is 1. The van der Waals surface area contributed by atoms with Crippen molar-refractivity contribution in [1.82, 2.24) is 10.3 Å². The molecule has 124 valence electrons. The third-order valence-corrected chi connectivity index (χ3v) is 4.88. The molecule has 0 aliphatic rings. The fourth-order valence-electron chi connectivity index (χ4n) is 2.59. The third-order valence-electron chi connectivity index (χ3n) is 3.84. The molecular formula is C20H17N3OS. The first-order valence-electron chi connectivity index (χ1n) is 8.03. The highest BCUT2D eigenvalue weighted by molar-refractivity contribution is 7.09. The van der Waals surface area contributed by atoms with Crippen LogP contribution >= 0.6 is 11.3 Å². The number of nitriles is 1. The molecule has 0 aliphatic carbocycles. The van der Waals surface area contributed by atoms with E-state index >= 15 is 0 Å². The van der Waals surface area contributed by atoms with Gasteiger partial charge >= 0.3 is 0 Å². The van der Waals surface area contributed by atoms with E-state index in [0.717, 1.165) is 28.2 Å². The normalized spacial score (nSPS) is 10.2. The summed E-state index contributed by atoms with van der Waals surface area (Å²) in [6.45, 7) is 2.45.